The highest BCUT2D eigenvalue weighted by molar-refractivity contribution is 6.00. The van der Waals surface area contributed by atoms with Crippen LogP contribution in [0.15, 0.2) is 48.2 Å². The maximum atomic E-state index is 12.6. The third-order valence-electron chi connectivity index (χ3n) is 5.37. The summed E-state index contributed by atoms with van der Waals surface area (Å²) >= 11 is 0. The number of hydrogen-bond acceptors (Lipinski definition) is 4. The fourth-order valence-electron chi connectivity index (χ4n) is 3.88. The van der Waals surface area contributed by atoms with Crippen LogP contribution in [0.5, 0.6) is 5.75 Å². The van der Waals surface area contributed by atoms with Crippen molar-refractivity contribution in [3.05, 3.63) is 60.1 Å². The standard InChI is InChI=1S/C23H31N5O2/c1-5-24-23(19-11-12-25-17(19)3)28-13-7-9-18(15-28)27-21(29)14-26-22-16(2)8-6-10-20(22)30-4/h5-6,8,10-12,18,25-26H,1,7,9,13-15H2,2-4H3,(H,27,29). The number of nitrogens with one attached hydrogen (secondary N) is 3. The van der Waals surface area contributed by atoms with Crippen molar-refractivity contribution in [3.8, 4) is 5.75 Å². The average Bonchev–Trinajstić information content (AvgIpc) is 3.16. The molecule has 1 aromatic heterocycles. The van der Waals surface area contributed by atoms with Crippen LogP contribution in [0.1, 0.15) is 29.7 Å². The first kappa shape index (κ1) is 21.5. The summed E-state index contributed by atoms with van der Waals surface area (Å²) in [6, 6.07) is 7.91. The number of benzene rings is 1. The zero-order chi connectivity index (χ0) is 21.5. The number of nitrogens with zero attached hydrogens (tertiary/aromatic N) is 2. The quantitative estimate of drug-likeness (QED) is 0.484. The summed E-state index contributed by atoms with van der Waals surface area (Å²) in [7, 11) is 1.63. The predicted molar refractivity (Wildman–Crippen MR) is 121 cm³/mol. The number of aromatic amines is 1. The van der Waals surface area contributed by atoms with E-state index in [9.17, 15) is 4.79 Å². The number of aliphatic imine (C=N–C) groups is 1. The molecule has 3 N–H and O–H groups in total. The first-order valence-corrected chi connectivity index (χ1v) is 10.3. The van der Waals surface area contributed by atoms with E-state index >= 15 is 0 Å². The van der Waals surface area contributed by atoms with Crippen molar-refractivity contribution in [2.75, 3.05) is 32.1 Å². The highest BCUT2D eigenvalue weighted by atomic mass is 16.5. The van der Waals surface area contributed by atoms with Gasteiger partial charge in [0.2, 0.25) is 5.91 Å². The average molecular weight is 410 g/mol. The maximum absolute atomic E-state index is 12.6. The fraction of sp³-hybridized carbons (Fsp3) is 0.391. The Morgan fingerprint density at radius 3 is 2.93 bits per heavy atom. The second-order valence-corrected chi connectivity index (χ2v) is 7.51. The number of carbonyl (C=O) groups is 1. The number of piperidine rings is 1. The Balaban J connectivity index is 1.61. The van der Waals surface area contributed by atoms with Gasteiger partial charge in [0.15, 0.2) is 0 Å². The van der Waals surface area contributed by atoms with Gasteiger partial charge in [-0.2, -0.15) is 0 Å². The Bertz CT molecular complexity index is 918. The molecule has 0 spiro atoms. The number of H-pyrrole nitrogens is 1. The topological polar surface area (TPSA) is 81.8 Å². The van der Waals surface area contributed by atoms with Crippen molar-refractivity contribution >= 4 is 17.4 Å². The third-order valence-corrected chi connectivity index (χ3v) is 5.37. The van der Waals surface area contributed by atoms with E-state index in [0.29, 0.717) is 0 Å². The number of ether oxygens (including phenoxy) is 1. The summed E-state index contributed by atoms with van der Waals surface area (Å²) in [6.45, 7) is 9.61. The summed E-state index contributed by atoms with van der Waals surface area (Å²) in [4.78, 5) is 22.5. The van der Waals surface area contributed by atoms with Crippen LogP contribution in [-0.4, -0.2) is 54.4 Å². The van der Waals surface area contributed by atoms with E-state index in [1.54, 1.807) is 13.3 Å². The van der Waals surface area contributed by atoms with Gasteiger partial charge in [-0.05, 0) is 44.4 Å². The minimum atomic E-state index is -0.0350. The minimum absolute atomic E-state index is 0.0350. The number of amides is 1. The van der Waals surface area contributed by atoms with Gasteiger partial charge in [-0.15, -0.1) is 0 Å². The molecule has 7 nitrogen and oxygen atoms in total. The summed E-state index contributed by atoms with van der Waals surface area (Å²) in [5.74, 6) is 1.59. The van der Waals surface area contributed by atoms with Crippen molar-refractivity contribution < 1.29 is 9.53 Å². The Hall–Kier alpha value is -3.22. The predicted octanol–water partition coefficient (Wildman–Crippen LogP) is 3.22. The van der Waals surface area contributed by atoms with Crippen molar-refractivity contribution in [2.24, 2.45) is 4.99 Å². The molecule has 1 amide bonds. The van der Waals surface area contributed by atoms with E-state index in [4.69, 9.17) is 4.74 Å². The molecule has 30 heavy (non-hydrogen) atoms. The van der Waals surface area contributed by atoms with E-state index in [1.165, 1.54) is 0 Å². The normalized spacial score (nSPS) is 16.8. The number of carbonyl (C=O) groups excluding carboxylic acids is 1. The van der Waals surface area contributed by atoms with Gasteiger partial charge in [-0.1, -0.05) is 18.7 Å². The lowest BCUT2D eigenvalue weighted by Gasteiger charge is -2.35. The molecule has 1 saturated heterocycles. The molecule has 0 saturated carbocycles. The molecule has 1 unspecified atom stereocenters. The minimum Gasteiger partial charge on any atom is -0.495 e. The number of aromatic nitrogens is 1. The van der Waals surface area contributed by atoms with Gasteiger partial charge < -0.3 is 25.3 Å². The third kappa shape index (κ3) is 5.03. The monoisotopic (exact) mass is 409 g/mol. The number of aryl methyl sites for hydroxylation is 2. The fourth-order valence-corrected chi connectivity index (χ4v) is 3.88. The molecule has 0 bridgehead atoms. The number of rotatable bonds is 7. The summed E-state index contributed by atoms with van der Waals surface area (Å²) in [6.07, 6.45) is 5.43. The lowest BCUT2D eigenvalue weighted by molar-refractivity contribution is -0.120. The van der Waals surface area contributed by atoms with Crippen LogP contribution in [0.2, 0.25) is 0 Å². The molecule has 2 aromatic rings. The Labute approximate surface area is 178 Å². The SMILES string of the molecule is C=CN=C(c1cc[nH]c1C)N1CCCC(NC(=O)CNc2c(C)cccc2OC)C1. The molecule has 2 heterocycles. The highest BCUT2D eigenvalue weighted by Gasteiger charge is 2.25. The smallest absolute Gasteiger partial charge is 0.239 e. The van der Waals surface area contributed by atoms with Crippen LogP contribution in [0.25, 0.3) is 0 Å². The number of anilines is 1. The molecule has 3 rings (SSSR count). The zero-order valence-electron chi connectivity index (χ0n) is 18.0. The van der Waals surface area contributed by atoms with E-state index in [2.05, 4.69) is 32.1 Å². The van der Waals surface area contributed by atoms with Crippen LogP contribution >= 0.6 is 0 Å². The second kappa shape index (κ2) is 10.0. The molecule has 1 aliphatic rings. The Morgan fingerprint density at radius 2 is 2.23 bits per heavy atom. The van der Waals surface area contributed by atoms with E-state index in [-0.39, 0.29) is 18.5 Å². The van der Waals surface area contributed by atoms with Crippen molar-refractivity contribution in [1.29, 1.82) is 0 Å². The van der Waals surface area contributed by atoms with Gasteiger partial charge in [-0.25, -0.2) is 4.99 Å². The molecule has 1 atom stereocenters. The van der Waals surface area contributed by atoms with Crippen LogP contribution in [0.3, 0.4) is 0 Å². The van der Waals surface area contributed by atoms with Gasteiger partial charge in [0.1, 0.15) is 11.6 Å². The lowest BCUT2D eigenvalue weighted by Crippen LogP contribution is -2.50. The van der Waals surface area contributed by atoms with Gasteiger partial charge in [0.05, 0.1) is 19.3 Å². The van der Waals surface area contributed by atoms with E-state index < -0.39 is 0 Å². The van der Waals surface area contributed by atoms with E-state index in [1.807, 2.05) is 44.3 Å². The molecule has 0 aliphatic carbocycles. The van der Waals surface area contributed by atoms with E-state index in [0.717, 1.165) is 60.0 Å². The number of para-hydroxylation sites is 1. The number of hydrogen-bond donors (Lipinski definition) is 3. The molecule has 1 fully saturated rings. The largest absolute Gasteiger partial charge is 0.495 e. The summed E-state index contributed by atoms with van der Waals surface area (Å²) in [5.41, 5.74) is 4.02. The van der Waals surface area contributed by atoms with Crippen molar-refractivity contribution in [2.45, 2.75) is 32.7 Å². The molecule has 1 aromatic carbocycles. The molecule has 160 valence electrons. The number of methoxy groups -OCH3 is 1. The molecular weight excluding hydrogens is 378 g/mol. The molecule has 7 heteroatoms. The Morgan fingerprint density at radius 1 is 1.40 bits per heavy atom. The van der Waals surface area contributed by atoms with Crippen LogP contribution < -0.4 is 15.4 Å². The lowest BCUT2D eigenvalue weighted by atomic mass is 10.0. The zero-order valence-corrected chi connectivity index (χ0v) is 18.0. The van der Waals surface area contributed by atoms with Crippen LogP contribution in [-0.2, 0) is 4.79 Å². The van der Waals surface area contributed by atoms with Crippen LogP contribution in [0, 0.1) is 13.8 Å². The first-order chi connectivity index (χ1) is 14.5. The van der Waals surface area contributed by atoms with Gasteiger partial charge >= 0.3 is 0 Å². The molecular formula is C23H31N5O2. The van der Waals surface area contributed by atoms with Gasteiger partial charge in [0, 0.05) is 42.8 Å². The number of likely N-dealkylation sites (tertiary alicyclic amines) is 1. The molecule has 0 radical (unpaired) electrons. The first-order valence-electron chi connectivity index (χ1n) is 10.3. The number of amidine groups is 1. The van der Waals surface area contributed by atoms with Crippen molar-refractivity contribution in [3.63, 3.8) is 0 Å². The highest BCUT2D eigenvalue weighted by Crippen LogP contribution is 2.27. The second-order valence-electron chi connectivity index (χ2n) is 7.51. The van der Waals surface area contributed by atoms with Gasteiger partial charge in [0.25, 0.3) is 0 Å². The van der Waals surface area contributed by atoms with Crippen molar-refractivity contribution in [1.82, 2.24) is 15.2 Å². The summed E-state index contributed by atoms with van der Waals surface area (Å²) < 4.78 is 5.39. The van der Waals surface area contributed by atoms with Crippen LogP contribution in [0.4, 0.5) is 5.69 Å². The molecule has 1 aliphatic heterocycles. The Kier molecular flexibility index (Phi) is 7.17. The maximum Gasteiger partial charge on any atom is 0.239 e. The summed E-state index contributed by atoms with van der Waals surface area (Å²) in [5, 5.41) is 6.37. The van der Waals surface area contributed by atoms with Gasteiger partial charge in [-0.3, -0.25) is 4.79 Å².